The molecule has 0 aliphatic carbocycles. The molecule has 1 heterocycles. The minimum Gasteiger partial charge on any atom is -0.494 e. The highest BCUT2D eigenvalue weighted by atomic mass is 19.1. The summed E-state index contributed by atoms with van der Waals surface area (Å²) in [5, 5.41) is 9.00. The van der Waals surface area contributed by atoms with Crippen molar-refractivity contribution in [2.75, 3.05) is 13.2 Å². The maximum absolute atomic E-state index is 14.2. The first-order valence-corrected chi connectivity index (χ1v) is 13.7. The van der Waals surface area contributed by atoms with Crippen molar-refractivity contribution in [3.05, 3.63) is 137 Å². The Bertz CT molecular complexity index is 1520. The van der Waals surface area contributed by atoms with E-state index in [4.69, 9.17) is 19.6 Å². The molecular formula is C33H31F2N3O4. The maximum Gasteiger partial charge on any atom is 0.266 e. The van der Waals surface area contributed by atoms with Crippen LogP contribution in [0.3, 0.4) is 0 Å². The molecule has 0 saturated carbocycles. The van der Waals surface area contributed by atoms with Gasteiger partial charge < -0.3 is 14.6 Å². The highest BCUT2D eigenvalue weighted by molar-refractivity contribution is 6.01. The third kappa shape index (κ3) is 6.64. The lowest BCUT2D eigenvalue weighted by molar-refractivity contribution is -0.130. The van der Waals surface area contributed by atoms with E-state index in [-0.39, 0.29) is 25.1 Å². The van der Waals surface area contributed by atoms with Crippen LogP contribution in [0, 0.1) is 11.6 Å². The van der Waals surface area contributed by atoms with Crippen LogP contribution in [0.2, 0.25) is 0 Å². The van der Waals surface area contributed by atoms with Crippen LogP contribution in [0.5, 0.6) is 5.75 Å². The minimum atomic E-state index is -1.43. The van der Waals surface area contributed by atoms with Gasteiger partial charge in [0, 0.05) is 43.2 Å². The average Bonchev–Trinajstić information content (AvgIpc) is 3.40. The quantitative estimate of drug-likeness (QED) is 0.164. The Morgan fingerprint density at radius 3 is 2.36 bits per heavy atom. The molecule has 0 radical (unpaired) electrons. The number of hydrogen-bond donors (Lipinski definition) is 3. The molecule has 3 N–H and O–H groups in total. The Balaban J connectivity index is 1.48. The summed E-state index contributed by atoms with van der Waals surface area (Å²) in [5.74, 6) is -0.937. The van der Waals surface area contributed by atoms with E-state index in [1.54, 1.807) is 24.3 Å². The molecular weight excluding hydrogens is 540 g/mol. The molecule has 1 amide bonds. The zero-order valence-corrected chi connectivity index (χ0v) is 22.8. The number of nitrogens with one attached hydrogen (secondary N) is 2. The number of benzene rings is 4. The number of ether oxygens (including phenoxy) is 2. The van der Waals surface area contributed by atoms with Crippen LogP contribution in [0.15, 0.2) is 108 Å². The second-order valence-corrected chi connectivity index (χ2v) is 9.91. The van der Waals surface area contributed by atoms with Crippen molar-refractivity contribution in [3.8, 4) is 5.75 Å². The van der Waals surface area contributed by atoms with Crippen LogP contribution in [-0.2, 0) is 22.5 Å². The lowest BCUT2D eigenvalue weighted by Gasteiger charge is -2.31. The number of carbonyl (C=O) groups is 1. The fourth-order valence-electron chi connectivity index (χ4n) is 4.81. The van der Waals surface area contributed by atoms with Crippen LogP contribution in [0.4, 0.5) is 8.78 Å². The molecule has 1 aliphatic rings. The molecule has 0 unspecified atom stereocenters. The topological polar surface area (TPSA) is 92.2 Å². The van der Waals surface area contributed by atoms with Crippen LogP contribution in [0.25, 0.3) is 0 Å². The van der Waals surface area contributed by atoms with E-state index in [1.807, 2.05) is 60.7 Å². The minimum absolute atomic E-state index is 0.0445. The zero-order chi connectivity index (χ0) is 29.4. The highest BCUT2D eigenvalue weighted by Gasteiger charge is 2.53. The van der Waals surface area contributed by atoms with Gasteiger partial charge in [0.2, 0.25) is 5.90 Å². The first-order chi connectivity index (χ1) is 20.5. The van der Waals surface area contributed by atoms with Crippen LogP contribution >= 0.6 is 0 Å². The van der Waals surface area contributed by atoms with Crippen molar-refractivity contribution in [3.63, 3.8) is 0 Å². The van der Waals surface area contributed by atoms with Crippen molar-refractivity contribution >= 4 is 11.8 Å². The van der Waals surface area contributed by atoms with Gasteiger partial charge in [-0.2, -0.15) is 0 Å². The largest absolute Gasteiger partial charge is 0.494 e. The molecule has 216 valence electrons. The highest BCUT2D eigenvalue weighted by Crippen LogP contribution is 2.42. The number of nitrogens with zero attached hydrogens (tertiary/aromatic N) is 1. The second kappa shape index (κ2) is 13.4. The van der Waals surface area contributed by atoms with E-state index >= 15 is 0 Å². The summed E-state index contributed by atoms with van der Waals surface area (Å²) in [4.78, 5) is 19.1. The molecule has 0 spiro atoms. The predicted molar refractivity (Wildman–Crippen MR) is 155 cm³/mol. The molecule has 42 heavy (non-hydrogen) atoms. The van der Waals surface area contributed by atoms with Gasteiger partial charge in [-0.15, -0.1) is 0 Å². The van der Waals surface area contributed by atoms with Gasteiger partial charge in [0.25, 0.3) is 5.91 Å². The SMILES string of the molecule is O=C(NNCc1ccc(F)cc1F)[C@@]1(Cc2ccccc2)N=C(c2ccc(OCCCO)cc2)O[C@H]1c1ccccc1. The van der Waals surface area contributed by atoms with E-state index in [0.717, 1.165) is 23.3 Å². The summed E-state index contributed by atoms with van der Waals surface area (Å²) in [5.41, 5.74) is 6.56. The summed E-state index contributed by atoms with van der Waals surface area (Å²) in [6.45, 7) is 0.367. The summed E-state index contributed by atoms with van der Waals surface area (Å²) >= 11 is 0. The van der Waals surface area contributed by atoms with Crippen molar-refractivity contribution in [1.29, 1.82) is 0 Å². The Morgan fingerprint density at radius 1 is 0.952 bits per heavy atom. The maximum atomic E-state index is 14.2. The Kier molecular flexibility index (Phi) is 9.21. The third-order valence-electron chi connectivity index (χ3n) is 6.94. The molecule has 9 heteroatoms. The molecule has 4 aromatic carbocycles. The van der Waals surface area contributed by atoms with Gasteiger partial charge in [-0.25, -0.2) is 19.2 Å². The second-order valence-electron chi connectivity index (χ2n) is 9.91. The number of aliphatic hydroxyl groups is 1. The average molecular weight is 572 g/mol. The predicted octanol–water partition coefficient (Wildman–Crippen LogP) is 5.05. The fourth-order valence-corrected chi connectivity index (χ4v) is 4.81. The summed E-state index contributed by atoms with van der Waals surface area (Å²) in [7, 11) is 0. The van der Waals surface area contributed by atoms with E-state index in [2.05, 4.69) is 10.9 Å². The fraction of sp³-hybridized carbons (Fsp3) is 0.212. The normalized spacial score (nSPS) is 17.8. The van der Waals surface area contributed by atoms with E-state index < -0.39 is 29.2 Å². The van der Waals surface area contributed by atoms with Crippen LogP contribution in [-0.4, -0.2) is 35.7 Å². The van der Waals surface area contributed by atoms with Crippen LogP contribution < -0.4 is 15.6 Å². The monoisotopic (exact) mass is 571 g/mol. The first kappa shape index (κ1) is 28.9. The number of hydrogen-bond acceptors (Lipinski definition) is 6. The van der Waals surface area contributed by atoms with E-state index in [1.165, 1.54) is 6.07 Å². The smallest absolute Gasteiger partial charge is 0.266 e. The van der Waals surface area contributed by atoms with Gasteiger partial charge in [0.05, 0.1) is 6.61 Å². The first-order valence-electron chi connectivity index (χ1n) is 13.7. The van der Waals surface area contributed by atoms with Gasteiger partial charge in [-0.05, 0) is 41.5 Å². The van der Waals surface area contributed by atoms with Crippen LogP contribution in [0.1, 0.15) is 34.8 Å². The lowest BCUT2D eigenvalue weighted by Crippen LogP contribution is -2.53. The zero-order valence-electron chi connectivity index (χ0n) is 22.8. The van der Waals surface area contributed by atoms with E-state index in [0.29, 0.717) is 30.2 Å². The van der Waals surface area contributed by atoms with Gasteiger partial charge >= 0.3 is 0 Å². The Labute approximate surface area is 242 Å². The molecule has 2 atom stereocenters. The van der Waals surface area contributed by atoms with Crippen molar-refractivity contribution in [1.82, 2.24) is 10.9 Å². The van der Waals surface area contributed by atoms with Gasteiger partial charge in [0.1, 0.15) is 17.4 Å². The standard InChI is InChI=1S/C33H31F2N3O4/c34-27-15-12-26(29(35)20-27)22-36-38-32(40)33(21-23-8-3-1-4-9-23)30(24-10-5-2-6-11-24)42-31(37-33)25-13-16-28(17-14-25)41-19-7-18-39/h1-6,8-17,20,30,36,39H,7,18-19,21-22H2,(H,38,40)/t30-,33-/m0/s1. The summed E-state index contributed by atoms with van der Waals surface area (Å²) in [6, 6.07) is 29.4. The third-order valence-corrected chi connectivity index (χ3v) is 6.94. The molecule has 0 aromatic heterocycles. The van der Waals surface area contributed by atoms with Gasteiger partial charge in [-0.3, -0.25) is 10.2 Å². The number of amides is 1. The molecule has 7 nitrogen and oxygen atoms in total. The molecule has 0 saturated heterocycles. The molecule has 0 fully saturated rings. The van der Waals surface area contributed by atoms with Gasteiger partial charge in [0.15, 0.2) is 11.6 Å². The molecule has 1 aliphatic heterocycles. The van der Waals surface area contributed by atoms with Crippen molar-refractivity contribution in [2.45, 2.75) is 31.0 Å². The molecule has 5 rings (SSSR count). The number of aliphatic imine (C=N–C) groups is 1. The number of hydrazine groups is 1. The number of rotatable bonds is 12. The Morgan fingerprint density at radius 2 is 1.67 bits per heavy atom. The van der Waals surface area contributed by atoms with Gasteiger partial charge in [-0.1, -0.05) is 66.7 Å². The summed E-state index contributed by atoms with van der Waals surface area (Å²) in [6.07, 6.45) is -0.0359. The van der Waals surface area contributed by atoms with E-state index in [9.17, 15) is 13.6 Å². The Hall–Kier alpha value is -4.60. The summed E-state index contributed by atoms with van der Waals surface area (Å²) < 4.78 is 39.7. The molecule has 0 bridgehead atoms. The molecule has 4 aromatic rings. The number of carbonyl (C=O) groups excluding carboxylic acids is 1. The van der Waals surface area contributed by atoms with Crippen molar-refractivity contribution < 1.29 is 28.2 Å². The number of halogens is 2. The van der Waals surface area contributed by atoms with Crippen molar-refractivity contribution in [2.24, 2.45) is 4.99 Å². The number of aliphatic hydroxyl groups excluding tert-OH is 1. The lowest BCUT2D eigenvalue weighted by atomic mass is 9.82.